The second-order valence-electron chi connectivity index (χ2n) is 2.64. The van der Waals surface area contributed by atoms with E-state index >= 15 is 0 Å². The first-order chi connectivity index (χ1) is 6.27. The molecule has 0 aliphatic rings. The van der Waals surface area contributed by atoms with Gasteiger partial charge in [0.05, 0.1) is 0 Å². The fraction of sp³-hybridized carbons (Fsp3) is 0. The molecule has 0 bridgehead atoms. The van der Waals surface area contributed by atoms with Gasteiger partial charge in [-0.05, 0) is 29.6 Å². The summed E-state index contributed by atoms with van der Waals surface area (Å²) >= 11 is 12.0. The van der Waals surface area contributed by atoms with Gasteiger partial charge >= 0.3 is 0 Å². The van der Waals surface area contributed by atoms with Crippen LogP contribution in [0.4, 0.5) is 0 Å². The number of rotatable bonds is 1. The van der Waals surface area contributed by atoms with Crippen LogP contribution in [0.5, 0.6) is 0 Å². The molecule has 1 aromatic carbocycles. The molecule has 0 aliphatic carbocycles. The van der Waals surface area contributed by atoms with Crippen LogP contribution < -0.4 is 0 Å². The van der Waals surface area contributed by atoms with E-state index in [1.807, 2.05) is 29.6 Å². The molecular formula is C10H7ClS2. The van der Waals surface area contributed by atoms with Crippen LogP contribution in [0.1, 0.15) is 0 Å². The van der Waals surface area contributed by atoms with E-state index in [1.54, 1.807) is 11.3 Å². The minimum absolute atomic E-state index is 0.751. The molecular weight excluding hydrogens is 220 g/mol. The van der Waals surface area contributed by atoms with E-state index in [-0.39, 0.29) is 0 Å². The Morgan fingerprint density at radius 2 is 2.08 bits per heavy atom. The van der Waals surface area contributed by atoms with Gasteiger partial charge in [-0.25, -0.2) is 0 Å². The average Bonchev–Trinajstić information content (AvgIpc) is 2.61. The highest BCUT2D eigenvalue weighted by atomic mass is 35.5. The third kappa shape index (κ3) is 1.90. The highest BCUT2D eigenvalue weighted by Crippen LogP contribution is 2.32. The molecule has 0 aliphatic heterocycles. The summed E-state index contributed by atoms with van der Waals surface area (Å²) in [5.74, 6) is 0. The molecule has 0 nitrogen and oxygen atoms in total. The van der Waals surface area contributed by atoms with Gasteiger partial charge in [-0.1, -0.05) is 17.7 Å². The van der Waals surface area contributed by atoms with Crippen molar-refractivity contribution in [1.82, 2.24) is 0 Å². The molecule has 0 saturated carbocycles. The Morgan fingerprint density at radius 1 is 1.23 bits per heavy atom. The van der Waals surface area contributed by atoms with Gasteiger partial charge in [0.15, 0.2) is 0 Å². The zero-order chi connectivity index (χ0) is 9.26. The quantitative estimate of drug-likeness (QED) is 0.687. The summed E-state index contributed by atoms with van der Waals surface area (Å²) in [6.07, 6.45) is 0. The maximum atomic E-state index is 5.90. The van der Waals surface area contributed by atoms with Crippen LogP contribution in [0.25, 0.3) is 10.4 Å². The van der Waals surface area contributed by atoms with Crippen LogP contribution in [0.2, 0.25) is 5.02 Å². The lowest BCUT2D eigenvalue weighted by Crippen LogP contribution is -1.75. The second-order valence-corrected chi connectivity index (χ2v) is 4.50. The molecule has 0 saturated heterocycles. The zero-order valence-corrected chi connectivity index (χ0v) is 9.16. The number of halogens is 1. The Balaban J connectivity index is 2.57. The van der Waals surface area contributed by atoms with Crippen LogP contribution in [-0.2, 0) is 0 Å². The van der Waals surface area contributed by atoms with Gasteiger partial charge < -0.3 is 0 Å². The summed E-state index contributed by atoms with van der Waals surface area (Å²) < 4.78 is 0. The van der Waals surface area contributed by atoms with Crippen LogP contribution in [0.3, 0.4) is 0 Å². The van der Waals surface area contributed by atoms with Gasteiger partial charge in [-0.15, -0.1) is 24.0 Å². The maximum Gasteiger partial charge on any atom is 0.0413 e. The lowest BCUT2D eigenvalue weighted by atomic mass is 10.2. The molecule has 1 heterocycles. The molecule has 0 atom stereocenters. The van der Waals surface area contributed by atoms with Crippen LogP contribution >= 0.6 is 35.6 Å². The van der Waals surface area contributed by atoms with Gasteiger partial charge in [0.1, 0.15) is 0 Å². The monoisotopic (exact) mass is 226 g/mol. The molecule has 2 rings (SSSR count). The van der Waals surface area contributed by atoms with E-state index in [9.17, 15) is 0 Å². The summed E-state index contributed by atoms with van der Waals surface area (Å²) in [5, 5.41) is 2.80. The molecule has 3 heteroatoms. The molecule has 0 N–H and O–H groups in total. The highest BCUT2D eigenvalue weighted by molar-refractivity contribution is 7.80. The van der Waals surface area contributed by atoms with E-state index in [0.29, 0.717) is 0 Å². The molecule has 66 valence electrons. The van der Waals surface area contributed by atoms with E-state index in [1.165, 1.54) is 4.88 Å². The standard InChI is InChI=1S/C10H7ClS2/c11-7-3-4-9(12)8(6-7)10-2-1-5-13-10/h1-6,12H. The summed E-state index contributed by atoms with van der Waals surface area (Å²) in [5.41, 5.74) is 1.10. The predicted octanol–water partition coefficient (Wildman–Crippen LogP) is 4.36. The number of hydrogen-bond acceptors (Lipinski definition) is 2. The van der Waals surface area contributed by atoms with Crippen molar-refractivity contribution < 1.29 is 0 Å². The Hall–Kier alpha value is -0.440. The van der Waals surface area contributed by atoms with Crippen LogP contribution in [-0.4, -0.2) is 0 Å². The van der Waals surface area contributed by atoms with Crippen molar-refractivity contribution in [2.24, 2.45) is 0 Å². The number of thiophene rings is 1. The summed E-state index contributed by atoms with van der Waals surface area (Å²) in [6, 6.07) is 9.79. The van der Waals surface area contributed by atoms with Gasteiger partial charge in [0.25, 0.3) is 0 Å². The SMILES string of the molecule is Sc1ccc(Cl)cc1-c1cccs1. The molecule has 13 heavy (non-hydrogen) atoms. The fourth-order valence-electron chi connectivity index (χ4n) is 1.14. The fourth-order valence-corrected chi connectivity index (χ4v) is 2.40. The molecule has 0 fully saturated rings. The highest BCUT2D eigenvalue weighted by Gasteiger charge is 2.03. The van der Waals surface area contributed by atoms with E-state index in [4.69, 9.17) is 11.6 Å². The van der Waals surface area contributed by atoms with Crippen molar-refractivity contribution in [2.45, 2.75) is 4.90 Å². The van der Waals surface area contributed by atoms with E-state index in [2.05, 4.69) is 18.7 Å². The Labute approximate surface area is 91.6 Å². The minimum Gasteiger partial charge on any atom is -0.144 e. The van der Waals surface area contributed by atoms with Crippen molar-refractivity contribution in [3.63, 3.8) is 0 Å². The van der Waals surface area contributed by atoms with Crippen molar-refractivity contribution in [3.8, 4) is 10.4 Å². The first-order valence-corrected chi connectivity index (χ1v) is 5.50. The van der Waals surface area contributed by atoms with Gasteiger partial charge in [0, 0.05) is 20.4 Å². The average molecular weight is 227 g/mol. The number of hydrogen-bond donors (Lipinski definition) is 1. The normalized spacial score (nSPS) is 10.3. The summed E-state index contributed by atoms with van der Waals surface area (Å²) in [4.78, 5) is 2.17. The van der Waals surface area contributed by atoms with Gasteiger partial charge in [-0.3, -0.25) is 0 Å². The Bertz CT molecular complexity index is 407. The largest absolute Gasteiger partial charge is 0.144 e. The summed E-state index contributed by atoms with van der Waals surface area (Å²) in [6.45, 7) is 0. The third-order valence-corrected chi connectivity index (χ3v) is 3.27. The topological polar surface area (TPSA) is 0 Å². The van der Waals surface area contributed by atoms with Crippen molar-refractivity contribution in [2.75, 3.05) is 0 Å². The Morgan fingerprint density at radius 3 is 2.77 bits per heavy atom. The van der Waals surface area contributed by atoms with Crippen molar-refractivity contribution >= 4 is 35.6 Å². The maximum absolute atomic E-state index is 5.90. The van der Waals surface area contributed by atoms with Crippen molar-refractivity contribution in [1.29, 1.82) is 0 Å². The Kier molecular flexibility index (Phi) is 2.63. The lowest BCUT2D eigenvalue weighted by molar-refractivity contribution is 1.48. The second kappa shape index (κ2) is 3.74. The van der Waals surface area contributed by atoms with Crippen LogP contribution in [0.15, 0.2) is 40.6 Å². The van der Waals surface area contributed by atoms with Crippen LogP contribution in [0, 0.1) is 0 Å². The minimum atomic E-state index is 0.751. The first-order valence-electron chi connectivity index (χ1n) is 3.80. The van der Waals surface area contributed by atoms with E-state index < -0.39 is 0 Å². The smallest absolute Gasteiger partial charge is 0.0413 e. The van der Waals surface area contributed by atoms with E-state index in [0.717, 1.165) is 15.5 Å². The zero-order valence-electron chi connectivity index (χ0n) is 6.70. The van der Waals surface area contributed by atoms with Gasteiger partial charge in [-0.2, -0.15) is 0 Å². The molecule has 2 aromatic rings. The number of thiol groups is 1. The molecule has 1 aromatic heterocycles. The molecule has 0 spiro atoms. The van der Waals surface area contributed by atoms with Gasteiger partial charge in [0.2, 0.25) is 0 Å². The summed E-state index contributed by atoms with van der Waals surface area (Å²) in [7, 11) is 0. The first kappa shape index (κ1) is 9.13. The molecule has 0 radical (unpaired) electrons. The lowest BCUT2D eigenvalue weighted by Gasteiger charge is -2.01. The molecule has 0 amide bonds. The predicted molar refractivity (Wildman–Crippen MR) is 62.0 cm³/mol. The van der Waals surface area contributed by atoms with Crippen molar-refractivity contribution in [3.05, 3.63) is 40.7 Å². The number of benzene rings is 1. The molecule has 0 unspecified atom stereocenters. The third-order valence-electron chi connectivity index (χ3n) is 1.75.